The molecule has 0 bridgehead atoms. The predicted molar refractivity (Wildman–Crippen MR) is 111 cm³/mol. The first-order valence-electron chi connectivity index (χ1n) is 9.99. The van der Waals surface area contributed by atoms with E-state index in [-0.39, 0.29) is 18.4 Å². The fraction of sp³-hybridized carbons (Fsp3) is 0.348. The van der Waals surface area contributed by atoms with Crippen LogP contribution in [0.1, 0.15) is 27.9 Å². The molecule has 0 unspecified atom stereocenters. The van der Waals surface area contributed by atoms with E-state index in [1.165, 1.54) is 5.56 Å². The van der Waals surface area contributed by atoms with Crippen LogP contribution >= 0.6 is 0 Å². The van der Waals surface area contributed by atoms with Crippen molar-refractivity contribution in [1.29, 1.82) is 5.26 Å². The van der Waals surface area contributed by atoms with Gasteiger partial charge in [0.2, 0.25) is 5.91 Å². The van der Waals surface area contributed by atoms with Crippen LogP contribution in [0, 0.1) is 11.3 Å². The van der Waals surface area contributed by atoms with Crippen molar-refractivity contribution in [3.63, 3.8) is 0 Å². The number of nitrogens with zero attached hydrogens (tertiary/aromatic N) is 3. The highest BCUT2D eigenvalue weighted by molar-refractivity contribution is 5.96. The lowest BCUT2D eigenvalue weighted by Gasteiger charge is -2.30. The second-order valence-corrected chi connectivity index (χ2v) is 7.14. The molecule has 0 saturated carbocycles. The Morgan fingerprint density at radius 2 is 1.83 bits per heavy atom. The maximum atomic E-state index is 13.1. The van der Waals surface area contributed by atoms with E-state index in [2.05, 4.69) is 23.5 Å². The van der Waals surface area contributed by atoms with E-state index in [1.807, 2.05) is 18.2 Å². The van der Waals surface area contributed by atoms with Crippen LogP contribution in [-0.2, 0) is 11.2 Å². The first-order chi connectivity index (χ1) is 14.2. The molecule has 1 N–H and O–H groups in total. The minimum atomic E-state index is -0.210. The minimum absolute atomic E-state index is 0.0315. The van der Waals surface area contributed by atoms with Gasteiger partial charge in [0.15, 0.2) is 0 Å². The SMILES string of the molecule is N#Cc1cccc(C(=O)N(CCCc2ccccc2)CC(=O)N2CCNCC2)c1. The Morgan fingerprint density at radius 3 is 2.55 bits per heavy atom. The summed E-state index contributed by atoms with van der Waals surface area (Å²) in [5.74, 6) is -0.241. The molecule has 0 aliphatic carbocycles. The molecule has 1 heterocycles. The van der Waals surface area contributed by atoms with Crippen LogP contribution in [-0.4, -0.2) is 60.9 Å². The van der Waals surface area contributed by atoms with Crippen LogP contribution in [0.4, 0.5) is 0 Å². The Bertz CT molecular complexity index is 870. The molecule has 2 aromatic carbocycles. The molecule has 1 aliphatic rings. The van der Waals surface area contributed by atoms with E-state index in [0.717, 1.165) is 25.9 Å². The van der Waals surface area contributed by atoms with Gasteiger partial charge in [-0.3, -0.25) is 9.59 Å². The highest BCUT2D eigenvalue weighted by Crippen LogP contribution is 2.11. The second-order valence-electron chi connectivity index (χ2n) is 7.14. The average molecular weight is 390 g/mol. The number of piperazine rings is 1. The highest BCUT2D eigenvalue weighted by Gasteiger charge is 2.23. The summed E-state index contributed by atoms with van der Waals surface area (Å²) >= 11 is 0. The summed E-state index contributed by atoms with van der Waals surface area (Å²) < 4.78 is 0. The summed E-state index contributed by atoms with van der Waals surface area (Å²) in [6.07, 6.45) is 1.60. The zero-order chi connectivity index (χ0) is 20.5. The van der Waals surface area contributed by atoms with Gasteiger partial charge in [0.05, 0.1) is 11.6 Å². The normalized spacial score (nSPS) is 13.6. The Balaban J connectivity index is 1.69. The smallest absolute Gasteiger partial charge is 0.254 e. The number of nitrogens with one attached hydrogen (secondary N) is 1. The lowest BCUT2D eigenvalue weighted by atomic mass is 10.1. The third-order valence-electron chi connectivity index (χ3n) is 5.06. The molecular formula is C23H26N4O2. The van der Waals surface area contributed by atoms with E-state index < -0.39 is 0 Å². The van der Waals surface area contributed by atoms with Crippen LogP contribution in [0.25, 0.3) is 0 Å². The monoisotopic (exact) mass is 390 g/mol. The molecule has 6 nitrogen and oxygen atoms in total. The van der Waals surface area contributed by atoms with Gasteiger partial charge >= 0.3 is 0 Å². The Labute approximate surface area is 171 Å². The fourth-order valence-corrected chi connectivity index (χ4v) is 3.45. The Hall–Kier alpha value is -3.17. The van der Waals surface area contributed by atoms with E-state index in [0.29, 0.717) is 30.8 Å². The van der Waals surface area contributed by atoms with Gasteiger partial charge in [-0.15, -0.1) is 0 Å². The van der Waals surface area contributed by atoms with E-state index >= 15 is 0 Å². The summed E-state index contributed by atoms with van der Waals surface area (Å²) in [6, 6.07) is 18.8. The summed E-state index contributed by atoms with van der Waals surface area (Å²) in [6.45, 7) is 3.42. The number of carbonyl (C=O) groups is 2. The maximum Gasteiger partial charge on any atom is 0.254 e. The quantitative estimate of drug-likeness (QED) is 0.785. The van der Waals surface area contributed by atoms with Crippen LogP contribution in [0.5, 0.6) is 0 Å². The molecule has 0 atom stereocenters. The lowest BCUT2D eigenvalue weighted by molar-refractivity contribution is -0.132. The largest absolute Gasteiger partial charge is 0.339 e. The number of hydrogen-bond acceptors (Lipinski definition) is 4. The molecule has 0 aromatic heterocycles. The number of rotatable bonds is 7. The molecule has 1 aliphatic heterocycles. The van der Waals surface area contributed by atoms with E-state index in [9.17, 15) is 9.59 Å². The molecule has 0 spiro atoms. The third-order valence-corrected chi connectivity index (χ3v) is 5.06. The summed E-state index contributed by atoms with van der Waals surface area (Å²) in [4.78, 5) is 29.3. The van der Waals surface area contributed by atoms with Gasteiger partial charge in [-0.25, -0.2) is 0 Å². The van der Waals surface area contributed by atoms with Crippen molar-refractivity contribution in [2.24, 2.45) is 0 Å². The molecule has 1 saturated heterocycles. The van der Waals surface area contributed by atoms with Crippen molar-refractivity contribution < 1.29 is 9.59 Å². The first-order valence-corrected chi connectivity index (χ1v) is 9.99. The number of benzene rings is 2. The molecule has 2 aromatic rings. The second kappa shape index (κ2) is 10.4. The van der Waals surface area contributed by atoms with Gasteiger partial charge in [0, 0.05) is 38.3 Å². The number of hydrogen-bond donors (Lipinski definition) is 1. The summed E-state index contributed by atoms with van der Waals surface area (Å²) in [5.41, 5.74) is 2.09. The van der Waals surface area contributed by atoms with Crippen LogP contribution < -0.4 is 5.32 Å². The van der Waals surface area contributed by atoms with Crippen molar-refractivity contribution in [3.8, 4) is 6.07 Å². The summed E-state index contributed by atoms with van der Waals surface area (Å²) in [5, 5.41) is 12.4. The lowest BCUT2D eigenvalue weighted by Crippen LogP contribution is -2.50. The molecule has 29 heavy (non-hydrogen) atoms. The number of carbonyl (C=O) groups excluding carboxylic acids is 2. The molecule has 6 heteroatoms. The molecule has 2 amide bonds. The number of aryl methyl sites for hydroxylation is 1. The topological polar surface area (TPSA) is 76.4 Å². The van der Waals surface area contributed by atoms with E-state index in [1.54, 1.807) is 34.1 Å². The molecule has 150 valence electrons. The average Bonchev–Trinajstić information content (AvgIpc) is 2.79. The molecule has 3 rings (SSSR count). The highest BCUT2D eigenvalue weighted by atomic mass is 16.2. The van der Waals surface area contributed by atoms with Gasteiger partial charge < -0.3 is 15.1 Å². The van der Waals surface area contributed by atoms with Gasteiger partial charge in [-0.05, 0) is 36.6 Å². The van der Waals surface area contributed by atoms with Gasteiger partial charge in [-0.1, -0.05) is 36.4 Å². The van der Waals surface area contributed by atoms with Gasteiger partial charge in [-0.2, -0.15) is 5.26 Å². The van der Waals surface area contributed by atoms with Crippen molar-refractivity contribution in [2.75, 3.05) is 39.3 Å². The van der Waals surface area contributed by atoms with Crippen molar-refractivity contribution in [1.82, 2.24) is 15.1 Å². The maximum absolute atomic E-state index is 13.1. The van der Waals surface area contributed by atoms with Crippen molar-refractivity contribution >= 4 is 11.8 Å². The number of amides is 2. The number of nitriles is 1. The zero-order valence-electron chi connectivity index (χ0n) is 16.5. The van der Waals surface area contributed by atoms with Crippen molar-refractivity contribution in [3.05, 3.63) is 71.3 Å². The fourth-order valence-electron chi connectivity index (χ4n) is 3.45. The van der Waals surface area contributed by atoms with E-state index in [4.69, 9.17) is 5.26 Å². The zero-order valence-corrected chi connectivity index (χ0v) is 16.5. The Morgan fingerprint density at radius 1 is 1.07 bits per heavy atom. The first kappa shape index (κ1) is 20.6. The van der Waals surface area contributed by atoms with Gasteiger partial charge in [0.1, 0.15) is 6.54 Å². The third kappa shape index (κ3) is 5.90. The molecule has 1 fully saturated rings. The van der Waals surface area contributed by atoms with Gasteiger partial charge in [0.25, 0.3) is 5.91 Å². The minimum Gasteiger partial charge on any atom is -0.339 e. The van der Waals surface area contributed by atoms with Crippen LogP contribution in [0.15, 0.2) is 54.6 Å². The van der Waals surface area contributed by atoms with Crippen LogP contribution in [0.2, 0.25) is 0 Å². The van der Waals surface area contributed by atoms with Crippen molar-refractivity contribution in [2.45, 2.75) is 12.8 Å². The summed E-state index contributed by atoms with van der Waals surface area (Å²) in [7, 11) is 0. The molecular weight excluding hydrogens is 364 g/mol. The van der Waals surface area contributed by atoms with Crippen LogP contribution in [0.3, 0.4) is 0 Å². The standard InChI is InChI=1S/C23H26N4O2/c24-17-20-8-4-10-21(16-20)23(29)27(13-5-9-19-6-2-1-3-7-19)18-22(28)26-14-11-25-12-15-26/h1-4,6-8,10,16,25H,5,9,11-15,18H2. The Kier molecular flexibility index (Phi) is 7.37. The predicted octanol–water partition coefficient (Wildman–Crippen LogP) is 2.07. The molecule has 0 radical (unpaired) electrons.